The van der Waals surface area contributed by atoms with Gasteiger partial charge in [0.2, 0.25) is 0 Å². The molecular weight excluding hydrogens is 172 g/mol. The average molecular weight is 180 g/mol. The van der Waals surface area contributed by atoms with Gasteiger partial charge in [-0.2, -0.15) is 0 Å². The topological polar surface area (TPSA) is 0 Å². The summed E-state index contributed by atoms with van der Waals surface area (Å²) in [6.45, 7) is 2.15. The van der Waals surface area contributed by atoms with Crippen LogP contribution in [-0.4, -0.2) is 0 Å². The number of fused-ring (bicyclic) bond motifs is 1. The first kappa shape index (κ1) is 7.32. The summed E-state index contributed by atoms with van der Waals surface area (Å²) >= 11 is 3.67. The van der Waals surface area contributed by atoms with Crippen molar-refractivity contribution in [3.05, 3.63) is 34.6 Å². The summed E-state index contributed by atoms with van der Waals surface area (Å²) in [5, 5.41) is 2.20. The summed E-state index contributed by atoms with van der Waals surface area (Å²) in [7, 11) is 0. The van der Waals surface area contributed by atoms with Gasteiger partial charge in [0, 0.05) is 9.79 Å². The van der Waals surface area contributed by atoms with Gasteiger partial charge in [0.05, 0.1) is 0 Å². The van der Waals surface area contributed by atoms with E-state index < -0.39 is 0 Å². The predicted octanol–water partition coefficient (Wildman–Crippen LogP) is 3.75. The Bertz CT molecular complexity index is 302. The third-order valence-corrected chi connectivity index (χ3v) is 3.85. The highest BCUT2D eigenvalue weighted by Crippen LogP contribution is 2.41. The number of hydrogen-bond acceptors (Lipinski definition) is 2. The number of thioether (sulfide) groups is 2. The molecule has 0 unspecified atom stereocenters. The van der Waals surface area contributed by atoms with Crippen LogP contribution in [0.4, 0.5) is 0 Å². The smallest absolute Gasteiger partial charge is 0.0258 e. The van der Waals surface area contributed by atoms with Crippen LogP contribution in [0.2, 0.25) is 0 Å². The summed E-state index contributed by atoms with van der Waals surface area (Å²) in [6, 6.07) is 8.51. The molecule has 1 aromatic rings. The third kappa shape index (κ3) is 1.47. The Labute approximate surface area is 75.1 Å². The minimum Gasteiger partial charge on any atom is -0.0961 e. The van der Waals surface area contributed by atoms with Crippen LogP contribution in [0, 0.1) is 0 Å². The lowest BCUT2D eigenvalue weighted by Gasteiger charge is -2.11. The van der Waals surface area contributed by atoms with Gasteiger partial charge in [-0.15, -0.1) is 0 Å². The normalized spacial score (nSPS) is 15.5. The minimum absolute atomic E-state index is 1.38. The SMILES string of the molecule is CC1=CSc2ccccc2S1. The molecule has 0 bridgehead atoms. The highest BCUT2D eigenvalue weighted by molar-refractivity contribution is 8.08. The molecule has 2 heteroatoms. The van der Waals surface area contributed by atoms with E-state index in [2.05, 4.69) is 36.6 Å². The Morgan fingerprint density at radius 1 is 1.09 bits per heavy atom. The van der Waals surface area contributed by atoms with Crippen LogP contribution in [0.3, 0.4) is 0 Å². The van der Waals surface area contributed by atoms with Crippen molar-refractivity contribution in [3.63, 3.8) is 0 Å². The predicted molar refractivity (Wildman–Crippen MR) is 51.9 cm³/mol. The lowest BCUT2D eigenvalue weighted by atomic mass is 10.4. The standard InChI is InChI=1S/C9H8S2/c1-7-6-10-8-4-2-3-5-9(8)11-7/h2-6H,1H3. The first-order chi connectivity index (χ1) is 5.36. The Morgan fingerprint density at radius 2 is 1.82 bits per heavy atom. The van der Waals surface area contributed by atoms with Crippen molar-refractivity contribution < 1.29 is 0 Å². The third-order valence-electron chi connectivity index (χ3n) is 1.47. The average Bonchev–Trinajstić information content (AvgIpc) is 2.04. The van der Waals surface area contributed by atoms with Gasteiger partial charge in [0.1, 0.15) is 0 Å². The van der Waals surface area contributed by atoms with Gasteiger partial charge in [0.25, 0.3) is 0 Å². The fourth-order valence-electron chi connectivity index (χ4n) is 0.976. The summed E-state index contributed by atoms with van der Waals surface area (Å²) in [5.41, 5.74) is 0. The summed E-state index contributed by atoms with van der Waals surface area (Å²) < 4.78 is 0. The molecule has 0 N–H and O–H groups in total. The second-order valence-electron chi connectivity index (χ2n) is 2.40. The molecule has 0 amide bonds. The van der Waals surface area contributed by atoms with Crippen LogP contribution < -0.4 is 0 Å². The van der Waals surface area contributed by atoms with E-state index in [0.29, 0.717) is 0 Å². The molecule has 56 valence electrons. The highest BCUT2D eigenvalue weighted by atomic mass is 32.2. The molecule has 0 saturated carbocycles. The van der Waals surface area contributed by atoms with E-state index in [1.54, 1.807) is 0 Å². The molecular formula is C9H8S2. The molecule has 11 heavy (non-hydrogen) atoms. The largest absolute Gasteiger partial charge is 0.0961 e. The first-order valence-electron chi connectivity index (χ1n) is 3.46. The zero-order chi connectivity index (χ0) is 7.68. The molecule has 1 aliphatic rings. The van der Waals surface area contributed by atoms with Crippen LogP contribution in [-0.2, 0) is 0 Å². The molecule has 0 saturated heterocycles. The Balaban J connectivity index is 2.42. The Morgan fingerprint density at radius 3 is 2.64 bits per heavy atom. The van der Waals surface area contributed by atoms with E-state index in [4.69, 9.17) is 0 Å². The monoisotopic (exact) mass is 180 g/mol. The zero-order valence-electron chi connectivity index (χ0n) is 6.20. The van der Waals surface area contributed by atoms with Gasteiger partial charge < -0.3 is 0 Å². The van der Waals surface area contributed by atoms with Gasteiger partial charge in [-0.1, -0.05) is 35.7 Å². The lowest BCUT2D eigenvalue weighted by molar-refractivity contribution is 1.25. The maximum atomic E-state index is 2.20. The fourth-order valence-corrected chi connectivity index (χ4v) is 2.88. The molecule has 1 aromatic carbocycles. The maximum Gasteiger partial charge on any atom is 0.0258 e. The molecule has 0 aliphatic carbocycles. The summed E-state index contributed by atoms with van der Waals surface area (Å²) in [6.07, 6.45) is 0. The van der Waals surface area contributed by atoms with E-state index in [-0.39, 0.29) is 0 Å². The van der Waals surface area contributed by atoms with E-state index >= 15 is 0 Å². The quantitative estimate of drug-likeness (QED) is 0.596. The van der Waals surface area contributed by atoms with Crippen LogP contribution in [0.15, 0.2) is 44.4 Å². The van der Waals surface area contributed by atoms with Crippen molar-refractivity contribution in [1.82, 2.24) is 0 Å². The molecule has 2 rings (SSSR count). The fraction of sp³-hybridized carbons (Fsp3) is 0.111. The van der Waals surface area contributed by atoms with Crippen molar-refractivity contribution >= 4 is 23.5 Å². The molecule has 0 spiro atoms. The Kier molecular flexibility index (Phi) is 1.96. The van der Waals surface area contributed by atoms with E-state index in [0.717, 1.165) is 0 Å². The van der Waals surface area contributed by atoms with E-state index in [9.17, 15) is 0 Å². The second kappa shape index (κ2) is 2.95. The number of rotatable bonds is 0. The Hall–Kier alpha value is -0.340. The molecule has 0 atom stereocenters. The second-order valence-corrected chi connectivity index (χ2v) is 4.59. The van der Waals surface area contributed by atoms with Crippen LogP contribution >= 0.6 is 23.5 Å². The lowest BCUT2D eigenvalue weighted by Crippen LogP contribution is -1.81. The molecule has 0 fully saturated rings. The van der Waals surface area contributed by atoms with E-state index in [1.807, 2.05) is 23.5 Å². The highest BCUT2D eigenvalue weighted by Gasteiger charge is 2.07. The van der Waals surface area contributed by atoms with Gasteiger partial charge in [-0.3, -0.25) is 0 Å². The molecule has 0 nitrogen and oxygen atoms in total. The van der Waals surface area contributed by atoms with Crippen molar-refractivity contribution in [2.45, 2.75) is 16.7 Å². The maximum absolute atomic E-state index is 2.20. The number of hydrogen-bond donors (Lipinski definition) is 0. The van der Waals surface area contributed by atoms with Crippen LogP contribution in [0.25, 0.3) is 0 Å². The summed E-state index contributed by atoms with van der Waals surface area (Å²) in [4.78, 5) is 4.15. The minimum atomic E-state index is 1.38. The number of benzene rings is 1. The zero-order valence-corrected chi connectivity index (χ0v) is 7.84. The van der Waals surface area contributed by atoms with Gasteiger partial charge in [0.15, 0.2) is 0 Å². The van der Waals surface area contributed by atoms with E-state index in [1.165, 1.54) is 14.7 Å². The molecule has 1 heterocycles. The summed E-state index contributed by atoms with van der Waals surface area (Å²) in [5.74, 6) is 0. The van der Waals surface area contributed by atoms with Crippen molar-refractivity contribution in [1.29, 1.82) is 0 Å². The molecule has 1 aliphatic heterocycles. The van der Waals surface area contributed by atoms with Gasteiger partial charge in [-0.25, -0.2) is 0 Å². The van der Waals surface area contributed by atoms with Gasteiger partial charge >= 0.3 is 0 Å². The number of allylic oxidation sites excluding steroid dienone is 1. The van der Waals surface area contributed by atoms with Gasteiger partial charge in [-0.05, 0) is 29.4 Å². The van der Waals surface area contributed by atoms with Crippen molar-refractivity contribution in [2.24, 2.45) is 0 Å². The van der Waals surface area contributed by atoms with Crippen molar-refractivity contribution in [2.75, 3.05) is 0 Å². The van der Waals surface area contributed by atoms with Crippen molar-refractivity contribution in [3.8, 4) is 0 Å². The molecule has 0 aromatic heterocycles. The first-order valence-corrected chi connectivity index (χ1v) is 5.16. The van der Waals surface area contributed by atoms with Crippen LogP contribution in [0.1, 0.15) is 6.92 Å². The molecule has 0 radical (unpaired) electrons. The van der Waals surface area contributed by atoms with Crippen LogP contribution in [0.5, 0.6) is 0 Å².